The lowest BCUT2D eigenvalue weighted by Crippen LogP contribution is -2.51. The average molecular weight is 269 g/mol. The highest BCUT2D eigenvalue weighted by Gasteiger charge is 2.62. The molecule has 0 radical (unpaired) electrons. The third-order valence-electron chi connectivity index (χ3n) is 3.77. The molecule has 0 amide bonds. The molecule has 1 unspecified atom stereocenters. The molecule has 0 saturated heterocycles. The van der Waals surface area contributed by atoms with Gasteiger partial charge in [0, 0.05) is 12.6 Å². The van der Waals surface area contributed by atoms with E-state index < -0.39 is 10.9 Å². The Hall–Kier alpha value is -1.40. The molecule has 2 aliphatic carbocycles. The zero-order chi connectivity index (χ0) is 12.9. The number of alkyl halides is 1. The van der Waals surface area contributed by atoms with Crippen LogP contribution in [0.2, 0.25) is 0 Å². The van der Waals surface area contributed by atoms with Crippen LogP contribution in [0.4, 0.5) is 0 Å². The summed E-state index contributed by atoms with van der Waals surface area (Å²) in [6, 6.07) is -0.304. The molecular formula is C11H13ClN4O2. The topological polar surface area (TPSA) is 87.8 Å². The first kappa shape index (κ1) is 11.7. The maximum absolute atomic E-state index is 11.8. The van der Waals surface area contributed by atoms with Crippen LogP contribution in [-0.2, 0) is 9.59 Å². The lowest BCUT2D eigenvalue weighted by atomic mass is 10.0. The number of halogens is 1. The molecule has 0 aromatic heterocycles. The summed E-state index contributed by atoms with van der Waals surface area (Å²) >= 11 is 5.95. The van der Waals surface area contributed by atoms with Crippen molar-refractivity contribution in [3.05, 3.63) is 12.3 Å². The largest absolute Gasteiger partial charge is 0.332 e. The summed E-state index contributed by atoms with van der Waals surface area (Å²) in [7, 11) is 0. The molecule has 0 aromatic carbocycles. The highest BCUT2D eigenvalue weighted by Crippen LogP contribution is 2.55. The highest BCUT2D eigenvalue weighted by molar-refractivity contribution is 6.42. The van der Waals surface area contributed by atoms with Gasteiger partial charge in [-0.3, -0.25) is 14.6 Å². The number of hydrogen-bond donors (Lipinski definition) is 2. The third kappa shape index (κ3) is 1.56. The van der Waals surface area contributed by atoms with Crippen LogP contribution in [0.25, 0.3) is 0 Å². The molecule has 3 aliphatic rings. The number of carbonyl (C=O) groups excluding carboxylic acids is 2. The summed E-state index contributed by atoms with van der Waals surface area (Å²) in [5.41, 5.74) is -1.02. The van der Waals surface area contributed by atoms with E-state index in [0.717, 1.165) is 12.8 Å². The maximum atomic E-state index is 11.8. The fraction of sp³-hybridized carbons (Fsp3) is 0.545. The predicted molar refractivity (Wildman–Crippen MR) is 65.5 cm³/mol. The van der Waals surface area contributed by atoms with Crippen molar-refractivity contribution in [3.8, 4) is 0 Å². The SMILES string of the molecule is NN1C(=N[C@@H]2CC(=O)C(=O)C23CC3)NC=CC1Cl. The molecule has 2 fully saturated rings. The van der Waals surface area contributed by atoms with E-state index in [2.05, 4.69) is 10.3 Å². The van der Waals surface area contributed by atoms with Crippen LogP contribution in [0.1, 0.15) is 19.3 Å². The molecule has 1 heterocycles. The Labute approximate surface area is 109 Å². The second-order valence-corrected chi connectivity index (χ2v) is 5.31. The first-order valence-corrected chi connectivity index (χ1v) is 6.25. The van der Waals surface area contributed by atoms with E-state index >= 15 is 0 Å². The summed E-state index contributed by atoms with van der Waals surface area (Å²) in [5.74, 6) is 5.58. The van der Waals surface area contributed by atoms with Crippen molar-refractivity contribution < 1.29 is 9.59 Å². The Morgan fingerprint density at radius 3 is 2.89 bits per heavy atom. The molecule has 18 heavy (non-hydrogen) atoms. The van der Waals surface area contributed by atoms with Crippen molar-refractivity contribution in [1.29, 1.82) is 0 Å². The Morgan fingerprint density at radius 2 is 2.22 bits per heavy atom. The van der Waals surface area contributed by atoms with Gasteiger partial charge in [0.25, 0.3) is 0 Å². The van der Waals surface area contributed by atoms with Crippen molar-refractivity contribution in [2.24, 2.45) is 16.3 Å². The van der Waals surface area contributed by atoms with Gasteiger partial charge in [0.15, 0.2) is 0 Å². The number of hydrogen-bond acceptors (Lipinski definition) is 4. The van der Waals surface area contributed by atoms with E-state index in [-0.39, 0.29) is 24.0 Å². The van der Waals surface area contributed by atoms with E-state index in [1.54, 1.807) is 12.3 Å². The minimum absolute atomic E-state index is 0.175. The van der Waals surface area contributed by atoms with Gasteiger partial charge < -0.3 is 5.32 Å². The highest BCUT2D eigenvalue weighted by atomic mass is 35.5. The van der Waals surface area contributed by atoms with E-state index in [4.69, 9.17) is 17.4 Å². The minimum Gasteiger partial charge on any atom is -0.332 e. The number of aliphatic imine (C=N–C) groups is 1. The quantitative estimate of drug-likeness (QED) is 0.300. The summed E-state index contributed by atoms with van der Waals surface area (Å²) in [6.45, 7) is 0. The van der Waals surface area contributed by atoms with Crippen LogP contribution in [-0.4, -0.2) is 34.1 Å². The molecule has 1 aliphatic heterocycles. The van der Waals surface area contributed by atoms with Crippen LogP contribution in [0, 0.1) is 5.41 Å². The first-order valence-electron chi connectivity index (χ1n) is 5.81. The number of hydrazine groups is 1. The smallest absolute Gasteiger partial charge is 0.214 e. The van der Waals surface area contributed by atoms with Crippen molar-refractivity contribution in [2.75, 3.05) is 0 Å². The predicted octanol–water partition coefficient (Wildman–Crippen LogP) is -0.109. The Morgan fingerprint density at radius 1 is 1.50 bits per heavy atom. The molecule has 1 spiro atoms. The Bertz CT molecular complexity index is 483. The van der Waals surface area contributed by atoms with Gasteiger partial charge in [0.1, 0.15) is 5.50 Å². The number of Topliss-reactive ketones (excluding diaryl/α,β-unsaturated/α-hetero) is 2. The van der Waals surface area contributed by atoms with Crippen LogP contribution in [0.5, 0.6) is 0 Å². The fourth-order valence-corrected chi connectivity index (χ4v) is 2.66. The van der Waals surface area contributed by atoms with Crippen LogP contribution >= 0.6 is 11.6 Å². The number of carbonyl (C=O) groups is 2. The van der Waals surface area contributed by atoms with Crippen molar-refractivity contribution in [3.63, 3.8) is 0 Å². The number of guanidine groups is 1. The molecule has 7 heteroatoms. The van der Waals surface area contributed by atoms with Crippen molar-refractivity contribution in [1.82, 2.24) is 10.3 Å². The number of rotatable bonds is 1. The maximum Gasteiger partial charge on any atom is 0.214 e. The van der Waals surface area contributed by atoms with E-state index in [1.165, 1.54) is 5.01 Å². The molecule has 2 atom stereocenters. The van der Waals surface area contributed by atoms with Crippen LogP contribution in [0.15, 0.2) is 17.3 Å². The molecular weight excluding hydrogens is 256 g/mol. The van der Waals surface area contributed by atoms with E-state index in [1.807, 2.05) is 0 Å². The molecule has 6 nitrogen and oxygen atoms in total. The molecule has 0 bridgehead atoms. The summed E-state index contributed by atoms with van der Waals surface area (Å²) < 4.78 is 0. The lowest BCUT2D eigenvalue weighted by molar-refractivity contribution is -0.136. The van der Waals surface area contributed by atoms with Gasteiger partial charge in [0.2, 0.25) is 17.5 Å². The minimum atomic E-state index is -0.546. The number of nitrogens with one attached hydrogen (secondary N) is 1. The molecule has 0 aromatic rings. The first-order chi connectivity index (χ1) is 8.54. The molecule has 3 rings (SSSR count). The van der Waals surface area contributed by atoms with Gasteiger partial charge in [-0.1, -0.05) is 11.6 Å². The molecule has 2 saturated carbocycles. The van der Waals surface area contributed by atoms with E-state index in [0.29, 0.717) is 5.96 Å². The van der Waals surface area contributed by atoms with Gasteiger partial charge in [-0.15, -0.1) is 0 Å². The number of nitrogens with two attached hydrogens (primary N) is 1. The van der Waals surface area contributed by atoms with Crippen LogP contribution < -0.4 is 11.2 Å². The summed E-state index contributed by atoms with van der Waals surface area (Å²) in [4.78, 5) is 27.7. The fourth-order valence-electron chi connectivity index (χ4n) is 2.49. The van der Waals surface area contributed by atoms with E-state index in [9.17, 15) is 9.59 Å². The Balaban J connectivity index is 1.87. The summed E-state index contributed by atoms with van der Waals surface area (Å²) in [6.07, 6.45) is 4.98. The Kier molecular flexibility index (Phi) is 2.46. The van der Waals surface area contributed by atoms with Crippen LogP contribution in [0.3, 0.4) is 0 Å². The normalized spacial score (nSPS) is 35.4. The molecule has 96 valence electrons. The zero-order valence-corrected chi connectivity index (χ0v) is 10.4. The zero-order valence-electron chi connectivity index (χ0n) is 9.60. The number of nitrogens with zero attached hydrogens (tertiary/aromatic N) is 2. The van der Waals surface area contributed by atoms with Crippen molar-refractivity contribution >= 4 is 29.1 Å². The second-order valence-electron chi connectivity index (χ2n) is 4.86. The van der Waals surface area contributed by atoms with Gasteiger partial charge in [-0.05, 0) is 18.9 Å². The second kappa shape index (κ2) is 3.80. The van der Waals surface area contributed by atoms with Gasteiger partial charge in [0.05, 0.1) is 11.5 Å². The average Bonchev–Trinajstić information content (AvgIpc) is 3.10. The molecule has 3 N–H and O–H groups in total. The summed E-state index contributed by atoms with van der Waals surface area (Å²) in [5, 5.41) is 4.17. The monoisotopic (exact) mass is 268 g/mol. The van der Waals surface area contributed by atoms with Gasteiger partial charge in [-0.25, -0.2) is 10.8 Å². The third-order valence-corrected chi connectivity index (χ3v) is 4.12. The van der Waals surface area contributed by atoms with Gasteiger partial charge >= 0.3 is 0 Å². The van der Waals surface area contributed by atoms with Crippen molar-refractivity contribution in [2.45, 2.75) is 30.8 Å². The lowest BCUT2D eigenvalue weighted by Gasteiger charge is -2.28. The number of ketones is 2. The standard InChI is InChI=1S/C11H13ClN4O2/c12-8-1-4-14-10(16(8)13)15-7-5-6(17)9(18)11(7)2-3-11/h1,4,7-8H,2-3,5,13H2,(H,14,15)/t7-,8?/m1/s1. The van der Waals surface area contributed by atoms with Gasteiger partial charge in [-0.2, -0.15) is 0 Å².